The Bertz CT molecular complexity index is 380. The van der Waals surface area contributed by atoms with Gasteiger partial charge in [-0.2, -0.15) is 0 Å². The molecule has 0 aliphatic carbocycles. The van der Waals surface area contributed by atoms with Crippen molar-refractivity contribution in [3.63, 3.8) is 0 Å². The van der Waals surface area contributed by atoms with Crippen LogP contribution in [0, 0.1) is 26.2 Å². The van der Waals surface area contributed by atoms with Crippen LogP contribution in [0.15, 0.2) is 12.1 Å². The van der Waals surface area contributed by atoms with E-state index in [4.69, 9.17) is 4.74 Å². The van der Waals surface area contributed by atoms with Gasteiger partial charge in [0.15, 0.2) is 0 Å². The number of aliphatic hydroxyl groups excluding tert-OH is 1. The van der Waals surface area contributed by atoms with E-state index in [1.807, 2.05) is 0 Å². The fraction of sp³-hybridized carbons (Fsp3) is 0.600. The summed E-state index contributed by atoms with van der Waals surface area (Å²) in [5.41, 5.74) is 5.31. The number of aliphatic hydroxyl groups is 1. The maximum Gasteiger partial charge on any atom is 0.0548 e. The van der Waals surface area contributed by atoms with Crippen LogP contribution in [-0.2, 0) is 11.2 Å². The molecule has 1 aliphatic rings. The highest BCUT2D eigenvalue weighted by molar-refractivity contribution is 5.38. The molecule has 1 atom stereocenters. The average Bonchev–Trinajstić information content (AvgIpc) is 2.73. The van der Waals surface area contributed by atoms with Gasteiger partial charge in [-0.3, -0.25) is 0 Å². The van der Waals surface area contributed by atoms with Gasteiger partial charge in [-0.15, -0.1) is 0 Å². The molecule has 0 aromatic heterocycles. The molecule has 1 saturated heterocycles. The molecule has 1 fully saturated rings. The van der Waals surface area contributed by atoms with Gasteiger partial charge in [0.1, 0.15) is 0 Å². The van der Waals surface area contributed by atoms with Gasteiger partial charge in [-0.25, -0.2) is 0 Å². The Labute approximate surface area is 104 Å². The maximum absolute atomic E-state index is 9.63. The Hall–Kier alpha value is -0.860. The van der Waals surface area contributed by atoms with Gasteiger partial charge >= 0.3 is 0 Å². The second-order valence-corrected chi connectivity index (χ2v) is 5.51. The molecule has 1 unspecified atom stereocenters. The van der Waals surface area contributed by atoms with Crippen molar-refractivity contribution in [3.8, 4) is 0 Å². The van der Waals surface area contributed by atoms with Crippen molar-refractivity contribution < 1.29 is 9.84 Å². The maximum atomic E-state index is 9.63. The van der Waals surface area contributed by atoms with Crippen LogP contribution in [0.4, 0.5) is 0 Å². The molecule has 2 nitrogen and oxygen atoms in total. The number of benzene rings is 1. The van der Waals surface area contributed by atoms with Crippen LogP contribution in [0.3, 0.4) is 0 Å². The predicted octanol–water partition coefficient (Wildman–Crippen LogP) is 2.55. The highest BCUT2D eigenvalue weighted by Gasteiger charge is 2.35. The monoisotopic (exact) mass is 234 g/mol. The first-order chi connectivity index (χ1) is 8.06. The van der Waals surface area contributed by atoms with E-state index < -0.39 is 0 Å². The van der Waals surface area contributed by atoms with E-state index in [1.165, 1.54) is 22.3 Å². The first kappa shape index (κ1) is 12.6. The number of aryl methyl sites for hydroxylation is 3. The summed E-state index contributed by atoms with van der Waals surface area (Å²) in [6, 6.07) is 4.45. The lowest BCUT2D eigenvalue weighted by Crippen LogP contribution is -2.29. The molecule has 1 aliphatic heterocycles. The van der Waals surface area contributed by atoms with Crippen molar-refractivity contribution in [1.29, 1.82) is 0 Å². The largest absolute Gasteiger partial charge is 0.396 e. The number of hydrogen-bond donors (Lipinski definition) is 1. The van der Waals surface area contributed by atoms with E-state index >= 15 is 0 Å². The molecular weight excluding hydrogens is 212 g/mol. The Kier molecular flexibility index (Phi) is 3.55. The molecule has 0 amide bonds. The smallest absolute Gasteiger partial charge is 0.0548 e. The SMILES string of the molecule is Cc1cc(C)c(CC2(CO)CCOC2)c(C)c1. The molecule has 2 rings (SSSR count). The van der Waals surface area contributed by atoms with Gasteiger partial charge in [0, 0.05) is 12.0 Å². The summed E-state index contributed by atoms with van der Waals surface area (Å²) < 4.78 is 5.47. The Morgan fingerprint density at radius 1 is 1.24 bits per heavy atom. The van der Waals surface area contributed by atoms with Crippen LogP contribution >= 0.6 is 0 Å². The lowest BCUT2D eigenvalue weighted by molar-refractivity contribution is 0.0933. The van der Waals surface area contributed by atoms with E-state index in [1.54, 1.807) is 0 Å². The van der Waals surface area contributed by atoms with Crippen molar-refractivity contribution in [2.75, 3.05) is 19.8 Å². The summed E-state index contributed by atoms with van der Waals surface area (Å²) in [6.07, 6.45) is 1.90. The average molecular weight is 234 g/mol. The van der Waals surface area contributed by atoms with Crippen LogP contribution in [0.5, 0.6) is 0 Å². The van der Waals surface area contributed by atoms with Crippen LogP contribution < -0.4 is 0 Å². The zero-order chi connectivity index (χ0) is 12.5. The van der Waals surface area contributed by atoms with Crippen LogP contribution in [0.25, 0.3) is 0 Å². The minimum Gasteiger partial charge on any atom is -0.396 e. The molecule has 17 heavy (non-hydrogen) atoms. The van der Waals surface area contributed by atoms with Gasteiger partial charge in [0.25, 0.3) is 0 Å². The van der Waals surface area contributed by atoms with E-state index in [9.17, 15) is 5.11 Å². The lowest BCUT2D eigenvalue weighted by Gasteiger charge is -2.26. The molecule has 2 heteroatoms. The summed E-state index contributed by atoms with van der Waals surface area (Å²) in [6.45, 7) is 8.15. The van der Waals surface area contributed by atoms with E-state index in [0.29, 0.717) is 6.61 Å². The normalized spacial score (nSPS) is 24.2. The molecular formula is C15H22O2. The molecule has 0 radical (unpaired) electrons. The summed E-state index contributed by atoms with van der Waals surface area (Å²) in [5.74, 6) is 0. The number of hydrogen-bond acceptors (Lipinski definition) is 2. The molecule has 1 N–H and O–H groups in total. The fourth-order valence-electron chi connectivity index (χ4n) is 2.83. The second kappa shape index (κ2) is 4.79. The third-order valence-electron chi connectivity index (χ3n) is 3.91. The molecule has 94 valence electrons. The van der Waals surface area contributed by atoms with E-state index in [-0.39, 0.29) is 12.0 Å². The summed E-state index contributed by atoms with van der Waals surface area (Å²) in [5, 5.41) is 9.63. The number of ether oxygens (including phenoxy) is 1. The van der Waals surface area contributed by atoms with Gasteiger partial charge in [-0.05, 0) is 50.3 Å². The minimum atomic E-state index is -0.0508. The number of rotatable bonds is 3. The van der Waals surface area contributed by atoms with Crippen molar-refractivity contribution in [2.45, 2.75) is 33.6 Å². The quantitative estimate of drug-likeness (QED) is 0.871. The summed E-state index contributed by atoms with van der Waals surface area (Å²) in [7, 11) is 0. The van der Waals surface area contributed by atoms with Gasteiger partial charge < -0.3 is 9.84 Å². The minimum absolute atomic E-state index is 0.0508. The van der Waals surface area contributed by atoms with E-state index in [2.05, 4.69) is 32.9 Å². The zero-order valence-corrected chi connectivity index (χ0v) is 11.0. The highest BCUT2D eigenvalue weighted by atomic mass is 16.5. The summed E-state index contributed by atoms with van der Waals surface area (Å²) in [4.78, 5) is 0. The topological polar surface area (TPSA) is 29.5 Å². The van der Waals surface area contributed by atoms with Gasteiger partial charge in [-0.1, -0.05) is 17.7 Å². The Balaban J connectivity index is 2.29. The second-order valence-electron chi connectivity index (χ2n) is 5.51. The highest BCUT2D eigenvalue weighted by Crippen LogP contribution is 2.34. The van der Waals surface area contributed by atoms with Gasteiger partial charge in [0.05, 0.1) is 13.2 Å². The third-order valence-corrected chi connectivity index (χ3v) is 3.91. The molecule has 0 bridgehead atoms. The molecule has 0 saturated carbocycles. The molecule has 1 aromatic carbocycles. The lowest BCUT2D eigenvalue weighted by atomic mass is 9.79. The predicted molar refractivity (Wildman–Crippen MR) is 69.3 cm³/mol. The first-order valence-electron chi connectivity index (χ1n) is 6.32. The van der Waals surface area contributed by atoms with Crippen molar-refractivity contribution >= 4 is 0 Å². The van der Waals surface area contributed by atoms with E-state index in [0.717, 1.165) is 19.4 Å². The van der Waals surface area contributed by atoms with Gasteiger partial charge in [0.2, 0.25) is 0 Å². The van der Waals surface area contributed by atoms with Crippen LogP contribution in [0.2, 0.25) is 0 Å². The summed E-state index contributed by atoms with van der Waals surface area (Å²) >= 11 is 0. The molecule has 1 heterocycles. The first-order valence-corrected chi connectivity index (χ1v) is 6.32. The van der Waals surface area contributed by atoms with Crippen molar-refractivity contribution in [1.82, 2.24) is 0 Å². The fourth-order valence-corrected chi connectivity index (χ4v) is 2.83. The molecule has 0 spiro atoms. The zero-order valence-electron chi connectivity index (χ0n) is 11.0. The third kappa shape index (κ3) is 2.53. The van der Waals surface area contributed by atoms with Crippen LogP contribution in [0.1, 0.15) is 28.7 Å². The molecule has 1 aromatic rings. The Morgan fingerprint density at radius 3 is 2.35 bits per heavy atom. The Morgan fingerprint density at radius 2 is 1.88 bits per heavy atom. The van der Waals surface area contributed by atoms with Crippen LogP contribution in [-0.4, -0.2) is 24.9 Å². The van der Waals surface area contributed by atoms with Crippen molar-refractivity contribution in [2.24, 2.45) is 5.41 Å². The standard InChI is InChI=1S/C15H22O2/c1-11-6-12(2)14(13(3)7-11)8-15(9-16)4-5-17-10-15/h6-7,16H,4-5,8-10H2,1-3H3. The van der Waals surface area contributed by atoms with Crippen molar-refractivity contribution in [3.05, 3.63) is 34.4 Å².